The number of rotatable bonds is 7. The van der Waals surface area contributed by atoms with Crippen molar-refractivity contribution in [1.29, 1.82) is 0 Å². The third-order valence-electron chi connectivity index (χ3n) is 4.73. The zero-order valence-electron chi connectivity index (χ0n) is 13.0. The summed E-state index contributed by atoms with van der Waals surface area (Å²) in [5.74, 6) is 0.832. The molecule has 1 saturated carbocycles. The van der Waals surface area contributed by atoms with Gasteiger partial charge in [0.25, 0.3) is 0 Å². The molecule has 0 heterocycles. The Kier molecular flexibility index (Phi) is 7.92. The SMILES string of the molecule is CCC(CC)C(CNC1CCCCCC1)N(C)C. The van der Waals surface area contributed by atoms with Gasteiger partial charge in [-0.3, -0.25) is 0 Å². The summed E-state index contributed by atoms with van der Waals surface area (Å²) in [6.07, 6.45) is 11.1. The molecule has 1 aliphatic rings. The lowest BCUT2D eigenvalue weighted by Crippen LogP contribution is -2.45. The molecule has 108 valence electrons. The maximum atomic E-state index is 3.85. The first-order valence-electron chi connectivity index (χ1n) is 8.08. The van der Waals surface area contributed by atoms with Crippen molar-refractivity contribution >= 4 is 0 Å². The summed E-state index contributed by atoms with van der Waals surface area (Å²) in [6.45, 7) is 5.83. The fourth-order valence-corrected chi connectivity index (χ4v) is 3.37. The second-order valence-electron chi connectivity index (χ2n) is 6.20. The number of hydrogen-bond acceptors (Lipinski definition) is 2. The van der Waals surface area contributed by atoms with Crippen molar-refractivity contribution < 1.29 is 0 Å². The van der Waals surface area contributed by atoms with Crippen LogP contribution in [0.5, 0.6) is 0 Å². The average Bonchev–Trinajstić information content (AvgIpc) is 2.62. The molecule has 0 bridgehead atoms. The van der Waals surface area contributed by atoms with E-state index in [2.05, 4.69) is 38.2 Å². The van der Waals surface area contributed by atoms with E-state index < -0.39 is 0 Å². The molecular weight excluding hydrogens is 220 g/mol. The van der Waals surface area contributed by atoms with E-state index in [1.807, 2.05) is 0 Å². The van der Waals surface area contributed by atoms with Gasteiger partial charge in [0, 0.05) is 18.6 Å². The highest BCUT2D eigenvalue weighted by atomic mass is 15.1. The summed E-state index contributed by atoms with van der Waals surface area (Å²) in [6, 6.07) is 1.48. The van der Waals surface area contributed by atoms with E-state index in [-0.39, 0.29) is 0 Å². The second-order valence-corrected chi connectivity index (χ2v) is 6.20. The van der Waals surface area contributed by atoms with Crippen molar-refractivity contribution in [1.82, 2.24) is 10.2 Å². The van der Waals surface area contributed by atoms with Crippen LogP contribution in [0.3, 0.4) is 0 Å². The molecule has 0 radical (unpaired) electrons. The molecule has 1 aliphatic carbocycles. The minimum Gasteiger partial charge on any atom is -0.312 e. The van der Waals surface area contributed by atoms with Gasteiger partial charge in [0.05, 0.1) is 0 Å². The third kappa shape index (κ3) is 5.27. The maximum Gasteiger partial charge on any atom is 0.0242 e. The Hall–Kier alpha value is -0.0800. The molecule has 0 aromatic rings. The molecule has 0 amide bonds. The molecule has 1 unspecified atom stereocenters. The van der Waals surface area contributed by atoms with Gasteiger partial charge >= 0.3 is 0 Å². The van der Waals surface area contributed by atoms with Crippen LogP contribution in [0.2, 0.25) is 0 Å². The van der Waals surface area contributed by atoms with Gasteiger partial charge in [0.2, 0.25) is 0 Å². The van der Waals surface area contributed by atoms with Crippen molar-refractivity contribution in [3.8, 4) is 0 Å². The van der Waals surface area contributed by atoms with Crippen LogP contribution in [0.4, 0.5) is 0 Å². The molecule has 0 aromatic heterocycles. The standard InChI is InChI=1S/C16H34N2/c1-5-14(6-2)16(18(3)4)13-17-15-11-9-7-8-10-12-15/h14-17H,5-13H2,1-4H3. The van der Waals surface area contributed by atoms with Gasteiger partial charge in [-0.05, 0) is 32.9 Å². The summed E-state index contributed by atoms with van der Waals surface area (Å²) in [4.78, 5) is 2.42. The molecule has 18 heavy (non-hydrogen) atoms. The molecule has 0 saturated heterocycles. The quantitative estimate of drug-likeness (QED) is 0.697. The zero-order valence-corrected chi connectivity index (χ0v) is 13.0. The smallest absolute Gasteiger partial charge is 0.0242 e. The van der Waals surface area contributed by atoms with E-state index in [0.29, 0.717) is 6.04 Å². The molecule has 2 nitrogen and oxygen atoms in total. The second kappa shape index (κ2) is 8.92. The lowest BCUT2D eigenvalue weighted by atomic mass is 9.93. The van der Waals surface area contributed by atoms with Gasteiger partial charge in [-0.1, -0.05) is 52.4 Å². The van der Waals surface area contributed by atoms with E-state index in [0.717, 1.165) is 12.0 Å². The van der Waals surface area contributed by atoms with E-state index in [9.17, 15) is 0 Å². The summed E-state index contributed by atoms with van der Waals surface area (Å²) in [5.41, 5.74) is 0. The Labute approximate surface area is 115 Å². The van der Waals surface area contributed by atoms with Crippen molar-refractivity contribution in [2.24, 2.45) is 5.92 Å². The first-order chi connectivity index (χ1) is 8.69. The van der Waals surface area contributed by atoms with Crippen LogP contribution < -0.4 is 5.32 Å². The molecular formula is C16H34N2. The van der Waals surface area contributed by atoms with Gasteiger partial charge in [-0.2, -0.15) is 0 Å². The molecule has 0 aromatic carbocycles. The molecule has 0 spiro atoms. The lowest BCUT2D eigenvalue weighted by molar-refractivity contribution is 0.187. The third-order valence-corrected chi connectivity index (χ3v) is 4.73. The highest BCUT2D eigenvalue weighted by Gasteiger charge is 2.21. The maximum absolute atomic E-state index is 3.85. The fourth-order valence-electron chi connectivity index (χ4n) is 3.37. The van der Waals surface area contributed by atoms with Crippen LogP contribution in [-0.2, 0) is 0 Å². The van der Waals surface area contributed by atoms with Crippen LogP contribution in [0.15, 0.2) is 0 Å². The Morgan fingerprint density at radius 1 is 1.00 bits per heavy atom. The molecule has 0 aliphatic heterocycles. The first kappa shape index (κ1) is 16.0. The minimum absolute atomic E-state index is 0.697. The largest absolute Gasteiger partial charge is 0.312 e. The van der Waals surface area contributed by atoms with E-state index in [4.69, 9.17) is 0 Å². The summed E-state index contributed by atoms with van der Waals surface area (Å²) < 4.78 is 0. The minimum atomic E-state index is 0.697. The van der Waals surface area contributed by atoms with Crippen LogP contribution >= 0.6 is 0 Å². The summed E-state index contributed by atoms with van der Waals surface area (Å²) >= 11 is 0. The van der Waals surface area contributed by atoms with Gasteiger partial charge in [-0.15, -0.1) is 0 Å². The number of likely N-dealkylation sites (N-methyl/N-ethyl adjacent to an activating group) is 1. The Bertz CT molecular complexity index is 191. The van der Waals surface area contributed by atoms with E-state index >= 15 is 0 Å². The number of nitrogens with one attached hydrogen (secondary N) is 1. The van der Waals surface area contributed by atoms with Crippen LogP contribution in [-0.4, -0.2) is 37.6 Å². The van der Waals surface area contributed by atoms with Crippen LogP contribution in [0.1, 0.15) is 65.2 Å². The van der Waals surface area contributed by atoms with Gasteiger partial charge in [0.1, 0.15) is 0 Å². The summed E-state index contributed by atoms with van der Waals surface area (Å²) in [7, 11) is 4.47. The molecule has 2 heteroatoms. The zero-order chi connectivity index (χ0) is 13.4. The van der Waals surface area contributed by atoms with Crippen molar-refractivity contribution in [2.45, 2.75) is 77.3 Å². The van der Waals surface area contributed by atoms with Crippen molar-refractivity contribution in [3.05, 3.63) is 0 Å². The predicted octanol–water partition coefficient (Wildman–Crippen LogP) is 3.67. The topological polar surface area (TPSA) is 15.3 Å². The monoisotopic (exact) mass is 254 g/mol. The predicted molar refractivity (Wildman–Crippen MR) is 81.0 cm³/mol. The molecule has 1 fully saturated rings. The first-order valence-corrected chi connectivity index (χ1v) is 8.08. The highest BCUT2D eigenvalue weighted by Crippen LogP contribution is 2.19. The molecule has 1 rings (SSSR count). The van der Waals surface area contributed by atoms with Gasteiger partial charge in [-0.25, -0.2) is 0 Å². The number of hydrogen-bond donors (Lipinski definition) is 1. The fraction of sp³-hybridized carbons (Fsp3) is 1.00. The normalized spacial score (nSPS) is 20.3. The van der Waals surface area contributed by atoms with Crippen LogP contribution in [0, 0.1) is 5.92 Å². The Morgan fingerprint density at radius 3 is 2.00 bits per heavy atom. The lowest BCUT2D eigenvalue weighted by Gasteiger charge is -2.33. The molecule has 1 N–H and O–H groups in total. The van der Waals surface area contributed by atoms with Crippen molar-refractivity contribution in [3.63, 3.8) is 0 Å². The summed E-state index contributed by atoms with van der Waals surface area (Å²) in [5, 5.41) is 3.85. The van der Waals surface area contributed by atoms with Crippen molar-refractivity contribution in [2.75, 3.05) is 20.6 Å². The van der Waals surface area contributed by atoms with Gasteiger partial charge < -0.3 is 10.2 Å². The Morgan fingerprint density at radius 2 is 1.56 bits per heavy atom. The molecule has 1 atom stereocenters. The highest BCUT2D eigenvalue weighted by molar-refractivity contribution is 4.80. The number of nitrogens with zero attached hydrogens (tertiary/aromatic N) is 1. The van der Waals surface area contributed by atoms with Gasteiger partial charge in [0.15, 0.2) is 0 Å². The Balaban J connectivity index is 2.40. The van der Waals surface area contributed by atoms with E-state index in [1.54, 1.807) is 0 Å². The average molecular weight is 254 g/mol. The van der Waals surface area contributed by atoms with E-state index in [1.165, 1.54) is 57.9 Å². The van der Waals surface area contributed by atoms with Crippen LogP contribution in [0.25, 0.3) is 0 Å².